The van der Waals surface area contributed by atoms with Crippen molar-refractivity contribution in [2.75, 3.05) is 37.7 Å². The van der Waals surface area contributed by atoms with Crippen LogP contribution in [0.2, 0.25) is 0 Å². The van der Waals surface area contributed by atoms with Crippen molar-refractivity contribution in [1.29, 1.82) is 0 Å². The number of aromatic nitrogens is 4. The summed E-state index contributed by atoms with van der Waals surface area (Å²) in [5, 5.41) is 4.36. The van der Waals surface area contributed by atoms with Gasteiger partial charge in [0.1, 0.15) is 15.0 Å². The van der Waals surface area contributed by atoms with Crippen LogP contribution in [0.5, 0.6) is 5.88 Å². The number of hydrogen-bond acceptors (Lipinski definition) is 8. The second-order valence-electron chi connectivity index (χ2n) is 6.96. The minimum atomic E-state index is 0.557. The third kappa shape index (κ3) is 3.28. The Morgan fingerprint density at radius 3 is 2.62 bits per heavy atom. The van der Waals surface area contributed by atoms with Gasteiger partial charge in [-0.25, -0.2) is 15.0 Å². The zero-order valence-electron chi connectivity index (χ0n) is 16.5. The minimum absolute atomic E-state index is 0.557. The summed E-state index contributed by atoms with van der Waals surface area (Å²) >= 11 is 1.57. The summed E-state index contributed by atoms with van der Waals surface area (Å²) in [7, 11) is 0. The van der Waals surface area contributed by atoms with Gasteiger partial charge >= 0.3 is 0 Å². The van der Waals surface area contributed by atoms with Crippen LogP contribution in [0.4, 0.5) is 5.95 Å². The Kier molecular flexibility index (Phi) is 4.73. The average molecular weight is 407 g/mol. The molecule has 5 rings (SSSR count). The Bertz CT molecular complexity index is 1170. The average Bonchev–Trinajstić information content (AvgIpc) is 3.14. The first kappa shape index (κ1) is 18.2. The van der Waals surface area contributed by atoms with Crippen molar-refractivity contribution in [2.45, 2.75) is 13.8 Å². The van der Waals surface area contributed by atoms with Crippen LogP contribution in [0, 0.1) is 6.92 Å². The second-order valence-corrected chi connectivity index (χ2v) is 7.96. The molecule has 0 saturated carbocycles. The highest BCUT2D eigenvalue weighted by atomic mass is 32.1. The molecule has 4 heterocycles. The quantitative estimate of drug-likeness (QED) is 0.556. The summed E-state index contributed by atoms with van der Waals surface area (Å²) in [6.45, 7) is 8.18. The highest BCUT2D eigenvalue weighted by Gasteiger charge is 2.22. The van der Waals surface area contributed by atoms with Crippen molar-refractivity contribution in [1.82, 2.24) is 25.3 Å². The van der Waals surface area contributed by atoms with Crippen molar-refractivity contribution in [3.8, 4) is 17.3 Å². The van der Waals surface area contributed by atoms with E-state index in [0.717, 1.165) is 63.7 Å². The minimum Gasteiger partial charge on any atom is -0.477 e. The zero-order chi connectivity index (χ0) is 19.8. The molecule has 1 fully saturated rings. The summed E-state index contributed by atoms with van der Waals surface area (Å²) in [4.78, 5) is 22.4. The van der Waals surface area contributed by atoms with Crippen LogP contribution < -0.4 is 15.0 Å². The topological polar surface area (TPSA) is 76.1 Å². The number of rotatable bonds is 4. The molecule has 1 aliphatic heterocycles. The van der Waals surface area contributed by atoms with E-state index < -0.39 is 0 Å². The number of aryl methyl sites for hydroxylation is 1. The van der Waals surface area contributed by atoms with E-state index in [1.807, 2.05) is 44.2 Å². The van der Waals surface area contributed by atoms with Crippen LogP contribution in [0.3, 0.4) is 0 Å². The molecule has 7 nitrogen and oxygen atoms in total. The Morgan fingerprint density at radius 2 is 1.86 bits per heavy atom. The predicted molar refractivity (Wildman–Crippen MR) is 117 cm³/mol. The van der Waals surface area contributed by atoms with Gasteiger partial charge in [-0.2, -0.15) is 4.98 Å². The van der Waals surface area contributed by atoms with Gasteiger partial charge in [-0.05, 0) is 13.8 Å². The number of anilines is 1. The van der Waals surface area contributed by atoms with Crippen LogP contribution in [0.15, 0.2) is 30.3 Å². The van der Waals surface area contributed by atoms with E-state index in [-0.39, 0.29) is 0 Å². The highest BCUT2D eigenvalue weighted by molar-refractivity contribution is 7.25. The van der Waals surface area contributed by atoms with Crippen LogP contribution in [-0.2, 0) is 0 Å². The van der Waals surface area contributed by atoms with E-state index in [0.29, 0.717) is 18.4 Å². The number of thiophene rings is 1. The van der Waals surface area contributed by atoms with E-state index in [4.69, 9.17) is 24.7 Å². The van der Waals surface area contributed by atoms with Crippen molar-refractivity contribution < 1.29 is 4.74 Å². The molecule has 0 spiro atoms. The lowest BCUT2D eigenvalue weighted by molar-refractivity contribution is 0.331. The standard InChI is InChI=1S/C21H22N6OS/c1-3-28-19-17-16(24-21(26-19)27-11-9-22-10-12-27)15-13(2)23-18(25-20(15)29-17)14-7-5-4-6-8-14/h4-8,22H,3,9-12H2,1-2H3. The van der Waals surface area contributed by atoms with E-state index in [2.05, 4.69) is 10.2 Å². The fraction of sp³-hybridized carbons (Fsp3) is 0.333. The molecule has 29 heavy (non-hydrogen) atoms. The number of fused-ring (bicyclic) bond motifs is 3. The molecule has 0 bridgehead atoms. The monoisotopic (exact) mass is 406 g/mol. The lowest BCUT2D eigenvalue weighted by atomic mass is 10.2. The van der Waals surface area contributed by atoms with Gasteiger partial charge in [0.15, 0.2) is 5.82 Å². The highest BCUT2D eigenvalue weighted by Crippen LogP contribution is 2.39. The van der Waals surface area contributed by atoms with Gasteiger partial charge in [0.25, 0.3) is 0 Å². The first-order valence-corrected chi connectivity index (χ1v) is 10.7. The number of benzene rings is 1. The van der Waals surface area contributed by atoms with Crippen molar-refractivity contribution in [3.05, 3.63) is 36.0 Å². The van der Waals surface area contributed by atoms with Crippen LogP contribution in [-0.4, -0.2) is 52.7 Å². The van der Waals surface area contributed by atoms with Gasteiger partial charge in [-0.1, -0.05) is 30.3 Å². The van der Waals surface area contributed by atoms with E-state index in [9.17, 15) is 0 Å². The zero-order valence-corrected chi connectivity index (χ0v) is 17.3. The van der Waals surface area contributed by atoms with E-state index in [1.165, 1.54) is 0 Å². The Balaban J connectivity index is 1.72. The maximum absolute atomic E-state index is 5.90. The SMILES string of the molecule is CCOc1nc(N2CCNCC2)nc2c1sc1nc(-c3ccccc3)nc(C)c12. The normalized spacial score (nSPS) is 14.6. The summed E-state index contributed by atoms with van der Waals surface area (Å²) in [6.07, 6.45) is 0. The molecule has 0 radical (unpaired) electrons. The van der Waals surface area contributed by atoms with E-state index >= 15 is 0 Å². The van der Waals surface area contributed by atoms with Crippen molar-refractivity contribution in [3.63, 3.8) is 0 Å². The molecule has 3 aromatic heterocycles. The molecular formula is C21H22N6OS. The van der Waals surface area contributed by atoms with Crippen molar-refractivity contribution >= 4 is 37.7 Å². The van der Waals surface area contributed by atoms with Crippen molar-refractivity contribution in [2.24, 2.45) is 0 Å². The fourth-order valence-corrected chi connectivity index (χ4v) is 4.74. The molecule has 1 aromatic carbocycles. The lowest BCUT2D eigenvalue weighted by Crippen LogP contribution is -2.44. The molecule has 0 aliphatic carbocycles. The first-order chi connectivity index (χ1) is 14.2. The summed E-state index contributed by atoms with van der Waals surface area (Å²) in [5.74, 6) is 2.08. The van der Waals surface area contributed by atoms with Gasteiger partial charge in [0.2, 0.25) is 11.8 Å². The number of ether oxygens (including phenoxy) is 1. The summed E-state index contributed by atoms with van der Waals surface area (Å²) in [6, 6.07) is 10.1. The fourth-order valence-electron chi connectivity index (χ4n) is 3.63. The predicted octanol–water partition coefficient (Wildman–Crippen LogP) is 3.42. The lowest BCUT2D eigenvalue weighted by Gasteiger charge is -2.27. The Hall–Kier alpha value is -2.84. The maximum atomic E-state index is 5.90. The Labute approximate surface area is 172 Å². The second kappa shape index (κ2) is 7.53. The number of nitrogens with one attached hydrogen (secondary N) is 1. The molecule has 1 saturated heterocycles. The van der Waals surface area contributed by atoms with Gasteiger partial charge in [0, 0.05) is 31.7 Å². The molecule has 148 valence electrons. The van der Waals surface area contributed by atoms with E-state index in [1.54, 1.807) is 11.3 Å². The van der Waals surface area contributed by atoms with Gasteiger partial charge in [0.05, 0.1) is 17.7 Å². The maximum Gasteiger partial charge on any atom is 0.236 e. The first-order valence-electron chi connectivity index (χ1n) is 9.87. The molecule has 0 amide bonds. The largest absolute Gasteiger partial charge is 0.477 e. The Morgan fingerprint density at radius 1 is 1.07 bits per heavy atom. The van der Waals surface area contributed by atoms with Gasteiger partial charge < -0.3 is 15.0 Å². The summed E-state index contributed by atoms with van der Waals surface area (Å²) < 4.78 is 6.84. The molecule has 8 heteroatoms. The number of hydrogen-bond donors (Lipinski definition) is 1. The van der Waals surface area contributed by atoms with Gasteiger partial charge in [-0.15, -0.1) is 11.3 Å². The third-order valence-corrected chi connectivity index (χ3v) is 6.09. The molecule has 0 atom stereocenters. The van der Waals surface area contributed by atoms with Crippen LogP contribution in [0.1, 0.15) is 12.6 Å². The van der Waals surface area contributed by atoms with Crippen LogP contribution in [0.25, 0.3) is 31.8 Å². The molecular weight excluding hydrogens is 384 g/mol. The van der Waals surface area contributed by atoms with Crippen LogP contribution >= 0.6 is 11.3 Å². The molecule has 1 aliphatic rings. The number of piperazine rings is 1. The summed E-state index contributed by atoms with van der Waals surface area (Å²) in [5.41, 5.74) is 2.81. The molecule has 1 N–H and O–H groups in total. The molecule has 4 aromatic rings. The number of nitrogens with zero attached hydrogens (tertiary/aromatic N) is 5. The molecule has 0 unspecified atom stereocenters. The smallest absolute Gasteiger partial charge is 0.236 e. The third-order valence-electron chi connectivity index (χ3n) is 5.03. The van der Waals surface area contributed by atoms with Gasteiger partial charge in [-0.3, -0.25) is 0 Å².